The third-order valence-corrected chi connectivity index (χ3v) is 2.78. The Morgan fingerprint density at radius 1 is 0.652 bits per heavy atom. The highest BCUT2D eigenvalue weighted by Crippen LogP contribution is 1.85. The van der Waals surface area contributed by atoms with Gasteiger partial charge in [-0.1, -0.05) is 54.6 Å². The van der Waals surface area contributed by atoms with Gasteiger partial charge < -0.3 is 4.74 Å². The Morgan fingerprint density at radius 2 is 1.35 bits per heavy atom. The predicted octanol–water partition coefficient (Wildman–Crippen LogP) is 3.03. The van der Waals surface area contributed by atoms with Crippen LogP contribution < -0.4 is 10.4 Å². The lowest BCUT2D eigenvalue weighted by Gasteiger charge is -1.88. The first-order valence-corrected chi connectivity index (χ1v) is 7.24. The summed E-state index contributed by atoms with van der Waals surface area (Å²) < 4.78 is 5.20. The largest absolute Gasteiger partial charge is 0.473 e. The van der Waals surface area contributed by atoms with Crippen LogP contribution in [0.15, 0.2) is 95.5 Å². The van der Waals surface area contributed by atoms with Crippen LogP contribution in [0.1, 0.15) is 0 Å². The van der Waals surface area contributed by atoms with Crippen molar-refractivity contribution in [1.29, 1.82) is 0 Å². The van der Waals surface area contributed by atoms with Crippen LogP contribution >= 0.6 is 0 Å². The van der Waals surface area contributed by atoms with Crippen LogP contribution in [0.2, 0.25) is 0 Å². The first-order chi connectivity index (χ1) is 11.5. The van der Waals surface area contributed by atoms with E-state index in [9.17, 15) is 0 Å². The minimum atomic E-state index is 1.12. The van der Waals surface area contributed by atoms with E-state index in [2.05, 4.69) is 22.1 Å². The second-order valence-electron chi connectivity index (χ2n) is 4.43. The van der Waals surface area contributed by atoms with Crippen LogP contribution in [-0.4, -0.2) is 12.6 Å². The summed E-state index contributed by atoms with van der Waals surface area (Å²) in [4.78, 5) is 8.10. The van der Waals surface area contributed by atoms with Crippen LogP contribution in [0.4, 0.5) is 0 Å². The van der Waals surface area contributed by atoms with Gasteiger partial charge in [-0.05, 0) is 34.7 Å². The molecule has 1 aromatic rings. The predicted molar refractivity (Wildman–Crippen MR) is 98.4 cm³/mol. The second kappa shape index (κ2) is 10.5. The number of hydrogen-bond donors (Lipinski definition) is 0. The number of ether oxygens (including phenoxy) is 1. The van der Waals surface area contributed by atoms with Crippen LogP contribution in [-0.2, 0) is 4.74 Å². The van der Waals surface area contributed by atoms with Gasteiger partial charge in [0.15, 0.2) is 0 Å². The van der Waals surface area contributed by atoms with Crippen molar-refractivity contribution in [2.75, 3.05) is 0 Å². The minimum Gasteiger partial charge on any atom is -0.473 e. The van der Waals surface area contributed by atoms with E-state index in [1.807, 2.05) is 54.7 Å². The van der Waals surface area contributed by atoms with E-state index < -0.39 is 0 Å². The topological polar surface area (TPSA) is 34.0 Å². The Labute approximate surface area is 136 Å². The monoisotopic (exact) mass is 302 g/mol. The number of hydrogen-bond acceptors (Lipinski definition) is 3. The van der Waals surface area contributed by atoms with E-state index in [-0.39, 0.29) is 0 Å². The van der Waals surface area contributed by atoms with Crippen molar-refractivity contribution in [2.45, 2.75) is 0 Å². The minimum absolute atomic E-state index is 1.12. The van der Waals surface area contributed by atoms with Crippen molar-refractivity contribution in [2.24, 2.45) is 9.98 Å². The van der Waals surface area contributed by atoms with Gasteiger partial charge in [0.1, 0.15) is 6.34 Å². The third kappa shape index (κ3) is 6.87. The molecule has 0 amide bonds. The second-order valence-corrected chi connectivity index (χ2v) is 4.43. The fourth-order valence-electron chi connectivity index (χ4n) is 1.74. The molecule has 1 heterocycles. The molecule has 0 bridgehead atoms. The summed E-state index contributed by atoms with van der Waals surface area (Å²) >= 11 is 0. The number of rotatable bonds is 0. The van der Waals surface area contributed by atoms with E-state index in [1.165, 1.54) is 6.34 Å². The van der Waals surface area contributed by atoms with Gasteiger partial charge >= 0.3 is 0 Å². The molecule has 0 fully saturated rings. The van der Waals surface area contributed by atoms with E-state index in [1.54, 1.807) is 37.1 Å². The molecule has 0 N–H and O–H groups in total. The van der Waals surface area contributed by atoms with Gasteiger partial charge in [-0.3, -0.25) is 0 Å². The SMILES string of the molecule is C1=NC=N\C=C/C=c2/cccc/c2=C/C=C\C=C/O/C=C\C=C/1. The molecule has 3 nitrogen and oxygen atoms in total. The molecule has 0 saturated carbocycles. The maximum Gasteiger partial charge on any atom is 0.115 e. The van der Waals surface area contributed by atoms with Gasteiger partial charge in [0.2, 0.25) is 0 Å². The van der Waals surface area contributed by atoms with Crippen molar-refractivity contribution >= 4 is 24.7 Å². The van der Waals surface area contributed by atoms with Gasteiger partial charge in [-0.15, -0.1) is 0 Å². The zero-order chi connectivity index (χ0) is 16.0. The molecule has 0 spiro atoms. The molecule has 23 heavy (non-hydrogen) atoms. The first-order valence-electron chi connectivity index (χ1n) is 7.24. The number of benzene rings is 1. The summed E-state index contributed by atoms with van der Waals surface area (Å²) in [5.41, 5.74) is 0. The molecule has 114 valence electrons. The molecule has 2 rings (SSSR count). The number of aliphatic imine (C=N–C) groups is 2. The molecule has 3 heteroatoms. The Hall–Kier alpha value is -3.20. The molecule has 0 saturated heterocycles. The van der Waals surface area contributed by atoms with Crippen molar-refractivity contribution in [3.05, 3.63) is 96.0 Å². The lowest BCUT2D eigenvalue weighted by molar-refractivity contribution is 0.403. The summed E-state index contributed by atoms with van der Waals surface area (Å²) in [6.07, 6.45) is 25.1. The molecular formula is C20H18N2O. The first kappa shape index (κ1) is 16.2. The highest BCUT2D eigenvalue weighted by atomic mass is 16.5. The fourth-order valence-corrected chi connectivity index (χ4v) is 1.74. The van der Waals surface area contributed by atoms with Gasteiger partial charge in [-0.25, -0.2) is 9.98 Å². The van der Waals surface area contributed by atoms with Crippen molar-refractivity contribution < 1.29 is 4.74 Å². The Kier molecular flexibility index (Phi) is 7.40. The van der Waals surface area contributed by atoms with E-state index in [0.29, 0.717) is 0 Å². The van der Waals surface area contributed by atoms with Crippen molar-refractivity contribution in [3.63, 3.8) is 0 Å². The smallest absolute Gasteiger partial charge is 0.115 e. The molecule has 0 unspecified atom stereocenters. The standard InChI is InChI=1S/C20H18N2O/c1-3-10-19-11-4-5-12-20(19)13-9-15-22-18-21-14-6-2-8-17-23-16-7-1/h1-18H/b3-1-,6-2-,15-9-,16-7-,17-8-,19-10-,20-13-,21-14?,22-18?. The quantitative estimate of drug-likeness (QED) is 0.725. The van der Waals surface area contributed by atoms with Crippen LogP contribution in [0.5, 0.6) is 0 Å². The summed E-state index contributed by atoms with van der Waals surface area (Å²) in [6, 6.07) is 8.15. The van der Waals surface area contributed by atoms with E-state index in [4.69, 9.17) is 4.74 Å². The van der Waals surface area contributed by atoms with E-state index >= 15 is 0 Å². The lowest BCUT2D eigenvalue weighted by atomic mass is 10.2. The molecule has 0 aromatic heterocycles. The van der Waals surface area contributed by atoms with Crippen molar-refractivity contribution in [1.82, 2.24) is 0 Å². The summed E-state index contributed by atoms with van der Waals surface area (Å²) in [6.45, 7) is 0. The summed E-state index contributed by atoms with van der Waals surface area (Å²) in [7, 11) is 0. The molecular weight excluding hydrogens is 284 g/mol. The zero-order valence-electron chi connectivity index (χ0n) is 12.7. The Morgan fingerprint density at radius 3 is 2.13 bits per heavy atom. The van der Waals surface area contributed by atoms with Crippen LogP contribution in [0.25, 0.3) is 12.2 Å². The Balaban J connectivity index is 2.29. The third-order valence-electron chi connectivity index (χ3n) is 2.78. The fraction of sp³-hybridized carbons (Fsp3) is 0. The van der Waals surface area contributed by atoms with Gasteiger partial charge in [0.25, 0.3) is 0 Å². The maximum atomic E-state index is 5.20. The molecule has 0 aliphatic carbocycles. The van der Waals surface area contributed by atoms with Gasteiger partial charge in [0, 0.05) is 12.4 Å². The lowest BCUT2D eigenvalue weighted by Crippen LogP contribution is -2.22. The van der Waals surface area contributed by atoms with Gasteiger partial charge in [-0.2, -0.15) is 0 Å². The van der Waals surface area contributed by atoms with Crippen LogP contribution in [0.3, 0.4) is 0 Å². The molecule has 0 radical (unpaired) electrons. The average Bonchev–Trinajstić information content (AvgIpc) is 2.58. The number of allylic oxidation sites excluding steroid dienone is 7. The molecule has 1 aliphatic heterocycles. The van der Waals surface area contributed by atoms with Crippen LogP contribution in [0, 0.1) is 0 Å². The normalized spacial score (nSPS) is 24.7. The molecule has 1 aliphatic rings. The van der Waals surface area contributed by atoms with Crippen molar-refractivity contribution in [3.8, 4) is 0 Å². The average molecular weight is 302 g/mol. The molecule has 1 aromatic carbocycles. The highest BCUT2D eigenvalue weighted by molar-refractivity contribution is 5.80. The Bertz CT molecular complexity index is 806. The number of fused-ring (bicyclic) bond motifs is 1. The van der Waals surface area contributed by atoms with E-state index in [0.717, 1.165) is 10.4 Å². The molecule has 0 atom stereocenters. The van der Waals surface area contributed by atoms with Gasteiger partial charge in [0.05, 0.1) is 12.5 Å². The zero-order valence-corrected chi connectivity index (χ0v) is 12.7. The summed E-state index contributed by atoms with van der Waals surface area (Å²) in [5.74, 6) is 0. The highest BCUT2D eigenvalue weighted by Gasteiger charge is 1.81. The number of nitrogens with zero attached hydrogens (tertiary/aromatic N) is 2. The summed E-state index contributed by atoms with van der Waals surface area (Å²) in [5, 5.41) is 2.25. The maximum absolute atomic E-state index is 5.20.